The topological polar surface area (TPSA) is 20.3 Å². The van der Waals surface area contributed by atoms with Crippen LogP contribution in [-0.2, 0) is 0 Å². The number of rotatable bonds is 3. The first-order chi connectivity index (χ1) is 15.2. The number of fused-ring (bicyclic) bond motifs is 2. The minimum absolute atomic E-state index is 0.0467. The van der Waals surface area contributed by atoms with Gasteiger partial charge in [0.15, 0.2) is 5.78 Å². The summed E-state index contributed by atoms with van der Waals surface area (Å²) in [5.41, 5.74) is 8.44. The Hall–Kier alpha value is -3.30. The molecule has 154 valence electrons. The summed E-state index contributed by atoms with van der Waals surface area (Å²) in [5.74, 6) is -0.269. The average molecular weight is 410 g/mol. The average Bonchev–Trinajstić information content (AvgIpc) is 2.97. The third-order valence-electron chi connectivity index (χ3n) is 6.25. The summed E-state index contributed by atoms with van der Waals surface area (Å²) in [4.78, 5) is 14.8. The second kappa shape index (κ2) is 8.44. The van der Waals surface area contributed by atoms with Crippen molar-refractivity contribution in [1.29, 1.82) is 0 Å². The zero-order valence-electron chi connectivity index (χ0n) is 17.4. The lowest BCUT2D eigenvalue weighted by Gasteiger charge is -2.30. The summed E-state index contributed by atoms with van der Waals surface area (Å²) in [6.07, 6.45) is 6.29. The van der Waals surface area contributed by atoms with Crippen molar-refractivity contribution in [3.05, 3.63) is 112 Å². The predicted octanol–water partition coefficient (Wildman–Crippen LogP) is 6.09. The van der Waals surface area contributed by atoms with E-state index in [2.05, 4.69) is 65.6 Å². The van der Waals surface area contributed by atoms with Crippen LogP contribution in [-0.4, -0.2) is 30.3 Å². The van der Waals surface area contributed by atoms with Gasteiger partial charge in [0.1, 0.15) is 5.82 Å². The van der Waals surface area contributed by atoms with Crippen LogP contribution in [0, 0.1) is 5.82 Å². The van der Waals surface area contributed by atoms with E-state index in [1.807, 2.05) is 0 Å². The van der Waals surface area contributed by atoms with Crippen molar-refractivity contribution in [2.75, 3.05) is 19.6 Å². The van der Waals surface area contributed by atoms with Gasteiger partial charge in [0, 0.05) is 18.7 Å². The summed E-state index contributed by atoms with van der Waals surface area (Å²) in [7, 11) is 0. The van der Waals surface area contributed by atoms with Crippen LogP contribution < -0.4 is 0 Å². The molecule has 31 heavy (non-hydrogen) atoms. The molecule has 2 nitrogen and oxygen atoms in total. The van der Waals surface area contributed by atoms with E-state index in [1.54, 1.807) is 12.1 Å². The van der Waals surface area contributed by atoms with E-state index < -0.39 is 0 Å². The van der Waals surface area contributed by atoms with Gasteiger partial charge in [-0.1, -0.05) is 66.3 Å². The molecule has 1 fully saturated rings. The highest BCUT2D eigenvalue weighted by atomic mass is 19.1. The van der Waals surface area contributed by atoms with E-state index >= 15 is 0 Å². The molecule has 0 amide bonds. The Kier molecular flexibility index (Phi) is 5.35. The largest absolute Gasteiger partial charge is 0.295 e. The number of likely N-dealkylation sites (tertiary alicyclic amines) is 1. The molecule has 3 aromatic carbocycles. The maximum atomic E-state index is 13.1. The molecular formula is C28H24FNO. The molecule has 1 aliphatic carbocycles. The quantitative estimate of drug-likeness (QED) is 0.382. The molecule has 0 spiro atoms. The molecule has 2 aliphatic rings. The molecule has 1 saturated heterocycles. The van der Waals surface area contributed by atoms with Crippen LogP contribution in [0.1, 0.15) is 45.5 Å². The summed E-state index contributed by atoms with van der Waals surface area (Å²) >= 11 is 0. The van der Waals surface area contributed by atoms with Gasteiger partial charge in [-0.05, 0) is 64.9 Å². The Bertz CT molecular complexity index is 1130. The Morgan fingerprint density at radius 2 is 1.32 bits per heavy atom. The molecule has 0 bridgehead atoms. The molecule has 5 rings (SSSR count). The van der Waals surface area contributed by atoms with Crippen molar-refractivity contribution in [3.8, 4) is 0 Å². The van der Waals surface area contributed by atoms with E-state index in [0.29, 0.717) is 12.1 Å². The van der Waals surface area contributed by atoms with Gasteiger partial charge in [0.25, 0.3) is 0 Å². The number of carbonyl (C=O) groups excluding carboxylic acids is 1. The van der Waals surface area contributed by atoms with E-state index in [9.17, 15) is 9.18 Å². The number of hydrogen-bond acceptors (Lipinski definition) is 2. The summed E-state index contributed by atoms with van der Waals surface area (Å²) < 4.78 is 13.1. The molecule has 1 heterocycles. The maximum absolute atomic E-state index is 13.1. The Morgan fingerprint density at radius 1 is 0.774 bits per heavy atom. The van der Waals surface area contributed by atoms with E-state index in [1.165, 1.54) is 45.5 Å². The summed E-state index contributed by atoms with van der Waals surface area (Å²) in [6, 6.07) is 23.0. The first-order valence-corrected chi connectivity index (χ1v) is 10.8. The second-order valence-corrected chi connectivity index (χ2v) is 8.19. The standard InChI is InChI=1S/C28H24FNO/c29-24-13-11-22(12-14-24)27(31)19-30-17-15-23(16-18-30)28-25-7-3-1-5-20(25)9-10-21-6-2-4-8-26(21)28/h1-14H,15-19H2. The molecule has 3 aromatic rings. The number of ketones is 1. The molecule has 0 aromatic heterocycles. The first-order valence-electron chi connectivity index (χ1n) is 10.8. The highest BCUT2D eigenvalue weighted by Crippen LogP contribution is 2.38. The number of hydrogen-bond donors (Lipinski definition) is 0. The predicted molar refractivity (Wildman–Crippen MR) is 124 cm³/mol. The van der Waals surface area contributed by atoms with Crippen molar-refractivity contribution in [2.24, 2.45) is 0 Å². The van der Waals surface area contributed by atoms with Crippen LogP contribution in [0.3, 0.4) is 0 Å². The van der Waals surface area contributed by atoms with Crippen LogP contribution in [0.25, 0.3) is 17.7 Å². The third-order valence-corrected chi connectivity index (χ3v) is 6.25. The number of carbonyl (C=O) groups is 1. The van der Waals surface area contributed by atoms with Gasteiger partial charge >= 0.3 is 0 Å². The van der Waals surface area contributed by atoms with Gasteiger partial charge in [0.05, 0.1) is 6.54 Å². The van der Waals surface area contributed by atoms with E-state index in [-0.39, 0.29) is 11.6 Å². The highest BCUT2D eigenvalue weighted by molar-refractivity contribution is 5.97. The molecule has 0 unspecified atom stereocenters. The fraction of sp³-hybridized carbons (Fsp3) is 0.179. The van der Waals surface area contributed by atoms with Gasteiger partial charge in [-0.15, -0.1) is 0 Å². The van der Waals surface area contributed by atoms with Crippen LogP contribution in [0.2, 0.25) is 0 Å². The lowest BCUT2D eigenvalue weighted by Crippen LogP contribution is -2.35. The number of nitrogens with zero attached hydrogens (tertiary/aromatic N) is 1. The number of halogens is 1. The monoisotopic (exact) mass is 409 g/mol. The Balaban J connectivity index is 1.40. The van der Waals surface area contributed by atoms with Crippen LogP contribution in [0.15, 0.2) is 78.4 Å². The fourth-order valence-corrected chi connectivity index (χ4v) is 4.61. The van der Waals surface area contributed by atoms with Crippen LogP contribution in [0.4, 0.5) is 4.39 Å². The van der Waals surface area contributed by atoms with Gasteiger partial charge in [-0.3, -0.25) is 9.69 Å². The number of piperidine rings is 1. The Labute approximate surface area is 182 Å². The third kappa shape index (κ3) is 4.01. The van der Waals surface area contributed by atoms with Gasteiger partial charge in [0.2, 0.25) is 0 Å². The fourth-order valence-electron chi connectivity index (χ4n) is 4.61. The minimum Gasteiger partial charge on any atom is -0.295 e. The Morgan fingerprint density at radius 3 is 1.90 bits per heavy atom. The van der Waals surface area contributed by atoms with Gasteiger partial charge in [-0.2, -0.15) is 0 Å². The van der Waals surface area contributed by atoms with Gasteiger partial charge < -0.3 is 0 Å². The van der Waals surface area contributed by atoms with Crippen LogP contribution >= 0.6 is 0 Å². The lowest BCUT2D eigenvalue weighted by atomic mass is 9.86. The molecule has 0 N–H and O–H groups in total. The molecule has 0 saturated carbocycles. The van der Waals surface area contributed by atoms with E-state index in [0.717, 1.165) is 25.9 Å². The molecular weight excluding hydrogens is 385 g/mol. The number of Topliss-reactive ketones (excluding diaryl/α,β-unsaturated/α-hetero) is 1. The second-order valence-electron chi connectivity index (χ2n) is 8.19. The zero-order chi connectivity index (χ0) is 21.2. The zero-order valence-corrected chi connectivity index (χ0v) is 17.4. The van der Waals surface area contributed by atoms with Gasteiger partial charge in [-0.25, -0.2) is 4.39 Å². The van der Waals surface area contributed by atoms with E-state index in [4.69, 9.17) is 0 Å². The maximum Gasteiger partial charge on any atom is 0.176 e. The molecule has 3 heteroatoms. The van der Waals surface area contributed by atoms with Crippen molar-refractivity contribution in [1.82, 2.24) is 4.90 Å². The molecule has 1 aliphatic heterocycles. The number of benzene rings is 3. The lowest BCUT2D eigenvalue weighted by molar-refractivity contribution is 0.0925. The molecule has 0 atom stereocenters. The van der Waals surface area contributed by atoms with Crippen molar-refractivity contribution < 1.29 is 9.18 Å². The molecule has 0 radical (unpaired) electrons. The SMILES string of the molecule is O=C(CN1CCC(=C2c3ccccc3C=Cc3ccccc32)CC1)c1ccc(F)cc1. The van der Waals surface area contributed by atoms with Crippen molar-refractivity contribution in [3.63, 3.8) is 0 Å². The normalized spacial score (nSPS) is 15.9. The highest BCUT2D eigenvalue weighted by Gasteiger charge is 2.23. The first kappa shape index (κ1) is 19.7. The van der Waals surface area contributed by atoms with Crippen molar-refractivity contribution >= 4 is 23.5 Å². The summed E-state index contributed by atoms with van der Waals surface area (Å²) in [5, 5.41) is 0. The smallest absolute Gasteiger partial charge is 0.176 e. The summed E-state index contributed by atoms with van der Waals surface area (Å²) in [6.45, 7) is 2.08. The van der Waals surface area contributed by atoms with Crippen LogP contribution in [0.5, 0.6) is 0 Å². The minimum atomic E-state index is -0.316. The van der Waals surface area contributed by atoms with Crippen molar-refractivity contribution in [2.45, 2.75) is 12.8 Å².